The predicted octanol–water partition coefficient (Wildman–Crippen LogP) is 2.73. The molecule has 0 aromatic heterocycles. The molecule has 0 fully saturated rings. The van der Waals surface area contributed by atoms with E-state index in [1.165, 1.54) is 0 Å². The summed E-state index contributed by atoms with van der Waals surface area (Å²) in [6.07, 6.45) is 0. The highest BCUT2D eigenvalue weighted by Gasteiger charge is 2.22. The van der Waals surface area contributed by atoms with Crippen LogP contribution in [-0.2, 0) is 9.84 Å². The van der Waals surface area contributed by atoms with Gasteiger partial charge in [0.15, 0.2) is 0 Å². The SMILES string of the molecule is CN[C@H](C)[C@@H](c1ccc(S(=O)(=O)c2ccccc2)cc1)N(C)C. The molecule has 0 saturated heterocycles. The Morgan fingerprint density at radius 1 is 0.913 bits per heavy atom. The molecule has 0 spiro atoms. The van der Waals surface area contributed by atoms with Crippen molar-refractivity contribution in [1.82, 2.24) is 10.2 Å². The third kappa shape index (κ3) is 3.80. The van der Waals surface area contributed by atoms with E-state index in [4.69, 9.17) is 0 Å². The molecule has 0 radical (unpaired) electrons. The van der Waals surface area contributed by atoms with Gasteiger partial charge in [0.1, 0.15) is 0 Å². The monoisotopic (exact) mass is 332 g/mol. The zero-order chi connectivity index (χ0) is 17.0. The van der Waals surface area contributed by atoms with Gasteiger partial charge in [0.05, 0.1) is 9.79 Å². The molecular weight excluding hydrogens is 308 g/mol. The minimum absolute atomic E-state index is 0.175. The summed E-state index contributed by atoms with van der Waals surface area (Å²) >= 11 is 0. The number of hydrogen-bond donors (Lipinski definition) is 1. The van der Waals surface area contributed by atoms with Gasteiger partial charge in [-0.25, -0.2) is 8.42 Å². The highest BCUT2D eigenvalue weighted by atomic mass is 32.2. The lowest BCUT2D eigenvalue weighted by atomic mass is 10.00. The Morgan fingerprint density at radius 2 is 1.43 bits per heavy atom. The van der Waals surface area contributed by atoms with Crippen molar-refractivity contribution in [2.24, 2.45) is 0 Å². The maximum atomic E-state index is 12.6. The summed E-state index contributed by atoms with van der Waals surface area (Å²) in [6.45, 7) is 2.11. The molecule has 0 amide bonds. The molecule has 1 N–H and O–H groups in total. The number of benzene rings is 2. The molecule has 23 heavy (non-hydrogen) atoms. The van der Waals surface area contributed by atoms with Gasteiger partial charge in [0, 0.05) is 12.1 Å². The van der Waals surface area contributed by atoms with Crippen molar-refractivity contribution < 1.29 is 8.42 Å². The van der Waals surface area contributed by atoms with Crippen LogP contribution in [0.2, 0.25) is 0 Å². The summed E-state index contributed by atoms with van der Waals surface area (Å²) < 4.78 is 25.2. The van der Waals surface area contributed by atoms with E-state index in [2.05, 4.69) is 17.1 Å². The second-order valence-electron chi connectivity index (χ2n) is 5.87. The van der Waals surface area contributed by atoms with Crippen molar-refractivity contribution in [2.75, 3.05) is 21.1 Å². The first-order valence-corrected chi connectivity index (χ1v) is 9.10. The van der Waals surface area contributed by atoms with Crippen LogP contribution in [0.15, 0.2) is 64.4 Å². The summed E-state index contributed by atoms with van der Waals surface area (Å²) in [5, 5.41) is 3.26. The molecule has 0 aliphatic carbocycles. The van der Waals surface area contributed by atoms with E-state index >= 15 is 0 Å². The van der Waals surface area contributed by atoms with Gasteiger partial charge in [0.2, 0.25) is 9.84 Å². The fraction of sp³-hybridized carbons (Fsp3) is 0.333. The maximum absolute atomic E-state index is 12.6. The Labute approximate surface area is 139 Å². The average Bonchev–Trinajstić information content (AvgIpc) is 2.56. The number of nitrogens with zero attached hydrogens (tertiary/aromatic N) is 1. The fourth-order valence-corrected chi connectivity index (χ4v) is 4.05. The number of likely N-dealkylation sites (N-methyl/N-ethyl adjacent to an activating group) is 2. The van der Waals surface area contributed by atoms with E-state index in [-0.39, 0.29) is 12.1 Å². The van der Waals surface area contributed by atoms with E-state index in [9.17, 15) is 8.42 Å². The van der Waals surface area contributed by atoms with Crippen LogP contribution < -0.4 is 5.32 Å². The Hall–Kier alpha value is -1.69. The zero-order valence-corrected chi connectivity index (χ0v) is 14.8. The van der Waals surface area contributed by atoms with Crippen molar-refractivity contribution in [1.29, 1.82) is 0 Å². The third-order valence-electron chi connectivity index (χ3n) is 4.07. The lowest BCUT2D eigenvalue weighted by molar-refractivity contribution is 0.247. The molecule has 0 heterocycles. The van der Waals surface area contributed by atoms with Crippen LogP contribution in [0, 0.1) is 0 Å². The van der Waals surface area contributed by atoms with Crippen LogP contribution in [0.4, 0.5) is 0 Å². The molecule has 2 aromatic carbocycles. The Kier molecular flexibility index (Phi) is 5.57. The molecule has 0 unspecified atom stereocenters. The summed E-state index contributed by atoms with van der Waals surface area (Å²) in [7, 11) is 2.51. The first-order chi connectivity index (χ1) is 10.9. The van der Waals surface area contributed by atoms with Crippen molar-refractivity contribution in [3.63, 3.8) is 0 Å². The standard InChI is InChI=1S/C18H24N2O2S/c1-14(19-2)18(20(3)4)15-10-12-17(13-11-15)23(21,22)16-8-6-5-7-9-16/h5-14,18-19H,1-4H3/t14-,18+/m1/s1. The van der Waals surface area contributed by atoms with Crippen molar-refractivity contribution in [2.45, 2.75) is 28.8 Å². The van der Waals surface area contributed by atoms with Gasteiger partial charge in [-0.3, -0.25) is 0 Å². The molecule has 0 aliphatic rings. The second kappa shape index (κ2) is 7.25. The van der Waals surface area contributed by atoms with Crippen LogP contribution in [0.1, 0.15) is 18.5 Å². The van der Waals surface area contributed by atoms with Gasteiger partial charge in [-0.2, -0.15) is 0 Å². The van der Waals surface area contributed by atoms with Crippen LogP contribution in [0.5, 0.6) is 0 Å². The van der Waals surface area contributed by atoms with Gasteiger partial charge in [-0.1, -0.05) is 30.3 Å². The molecule has 2 atom stereocenters. The summed E-state index contributed by atoms with van der Waals surface area (Å²) in [4.78, 5) is 2.77. The van der Waals surface area contributed by atoms with Crippen LogP contribution >= 0.6 is 0 Å². The Balaban J connectivity index is 2.36. The van der Waals surface area contributed by atoms with Gasteiger partial charge in [-0.15, -0.1) is 0 Å². The van der Waals surface area contributed by atoms with E-state index in [1.54, 1.807) is 36.4 Å². The summed E-state index contributed by atoms with van der Waals surface area (Å²) in [6, 6.07) is 16.1. The normalized spacial score (nSPS) is 14.7. The summed E-state index contributed by atoms with van der Waals surface area (Å²) in [5.74, 6) is 0. The lowest BCUT2D eigenvalue weighted by Gasteiger charge is -2.30. The van der Waals surface area contributed by atoms with Crippen molar-refractivity contribution in [3.05, 3.63) is 60.2 Å². The highest BCUT2D eigenvalue weighted by Crippen LogP contribution is 2.26. The molecule has 124 valence electrons. The molecule has 2 rings (SSSR count). The smallest absolute Gasteiger partial charge is 0.206 e. The largest absolute Gasteiger partial charge is 0.315 e. The number of hydrogen-bond acceptors (Lipinski definition) is 4. The fourth-order valence-electron chi connectivity index (χ4n) is 2.77. The Morgan fingerprint density at radius 3 is 1.91 bits per heavy atom. The minimum Gasteiger partial charge on any atom is -0.315 e. The predicted molar refractivity (Wildman–Crippen MR) is 93.3 cm³/mol. The molecule has 0 bridgehead atoms. The van der Waals surface area contributed by atoms with E-state index in [0.29, 0.717) is 9.79 Å². The molecule has 2 aromatic rings. The first kappa shape index (κ1) is 17.7. The number of sulfone groups is 1. The number of nitrogens with one attached hydrogen (secondary N) is 1. The minimum atomic E-state index is -3.46. The van der Waals surface area contributed by atoms with Crippen molar-refractivity contribution >= 4 is 9.84 Å². The molecule has 0 saturated carbocycles. The van der Waals surface area contributed by atoms with Crippen LogP contribution in [0.3, 0.4) is 0 Å². The topological polar surface area (TPSA) is 49.4 Å². The zero-order valence-electron chi connectivity index (χ0n) is 14.0. The highest BCUT2D eigenvalue weighted by molar-refractivity contribution is 7.91. The average molecular weight is 332 g/mol. The van der Waals surface area contributed by atoms with Gasteiger partial charge in [0.25, 0.3) is 0 Å². The third-order valence-corrected chi connectivity index (χ3v) is 5.86. The van der Waals surface area contributed by atoms with Crippen LogP contribution in [-0.4, -0.2) is 40.5 Å². The van der Waals surface area contributed by atoms with Crippen LogP contribution in [0.25, 0.3) is 0 Å². The van der Waals surface area contributed by atoms with Gasteiger partial charge in [-0.05, 0) is 57.9 Å². The molecule has 0 aliphatic heterocycles. The summed E-state index contributed by atoms with van der Waals surface area (Å²) in [5.41, 5.74) is 1.09. The quantitative estimate of drug-likeness (QED) is 0.884. The lowest BCUT2D eigenvalue weighted by Crippen LogP contribution is -2.37. The second-order valence-corrected chi connectivity index (χ2v) is 7.82. The van der Waals surface area contributed by atoms with E-state index in [1.807, 2.05) is 39.3 Å². The molecule has 5 heteroatoms. The molecule has 4 nitrogen and oxygen atoms in total. The first-order valence-electron chi connectivity index (χ1n) is 7.61. The Bertz CT molecular complexity index is 725. The maximum Gasteiger partial charge on any atom is 0.206 e. The van der Waals surface area contributed by atoms with Gasteiger partial charge < -0.3 is 10.2 Å². The van der Waals surface area contributed by atoms with Gasteiger partial charge >= 0.3 is 0 Å². The van der Waals surface area contributed by atoms with Crippen molar-refractivity contribution in [3.8, 4) is 0 Å². The number of rotatable bonds is 6. The molecular formula is C18H24N2O2S. The van der Waals surface area contributed by atoms with E-state index in [0.717, 1.165) is 5.56 Å². The van der Waals surface area contributed by atoms with E-state index < -0.39 is 9.84 Å².